The average Bonchev–Trinajstić information content (AvgIpc) is 2.25. The summed E-state index contributed by atoms with van der Waals surface area (Å²) in [4.78, 5) is 24.5. The highest BCUT2D eigenvalue weighted by Crippen LogP contribution is 2.15. The van der Waals surface area contributed by atoms with Crippen LogP contribution in [0.15, 0.2) is 12.5 Å². The molecule has 1 heterocycles. The molecule has 0 saturated heterocycles. The molecule has 0 spiro atoms. The van der Waals surface area contributed by atoms with E-state index in [0.29, 0.717) is 0 Å². The average molecular weight is 243 g/mol. The Balaban J connectivity index is 2.78. The first kappa shape index (κ1) is 13.3. The molecular weight excluding hydrogens is 226 g/mol. The van der Waals surface area contributed by atoms with Gasteiger partial charge in [0.1, 0.15) is 12.2 Å². The molecule has 0 aromatic rings. The fourth-order valence-electron chi connectivity index (χ4n) is 1.26. The van der Waals surface area contributed by atoms with Gasteiger partial charge in [-0.15, -0.1) is 0 Å². The Kier molecular flexibility index (Phi) is 3.98. The van der Waals surface area contributed by atoms with Crippen molar-refractivity contribution >= 4 is 12.1 Å². The van der Waals surface area contributed by atoms with Gasteiger partial charge in [0, 0.05) is 6.20 Å². The molecule has 0 aromatic carbocycles. The lowest BCUT2D eigenvalue weighted by Gasteiger charge is -2.31. The number of hydrogen-bond donors (Lipinski definition) is 0. The molecule has 0 saturated carbocycles. The smallest absolute Gasteiger partial charge is 0.415 e. The maximum atomic E-state index is 11.8. The Morgan fingerprint density at radius 3 is 2.59 bits per heavy atom. The van der Waals surface area contributed by atoms with E-state index in [1.165, 1.54) is 24.5 Å². The molecule has 1 unspecified atom stereocenters. The number of hydrogen-bond acceptors (Lipinski definition) is 5. The number of rotatable bonds is 1. The van der Waals surface area contributed by atoms with Crippen molar-refractivity contribution in [2.45, 2.75) is 32.4 Å². The molecule has 0 radical (unpaired) electrons. The number of ether oxygens (including phenoxy) is 3. The van der Waals surface area contributed by atoms with Gasteiger partial charge in [0.2, 0.25) is 0 Å². The highest BCUT2D eigenvalue weighted by molar-refractivity contribution is 5.82. The van der Waals surface area contributed by atoms with E-state index >= 15 is 0 Å². The lowest BCUT2D eigenvalue weighted by molar-refractivity contribution is -0.148. The predicted octanol–water partition coefficient (Wildman–Crippen LogP) is 1.27. The molecule has 0 fully saturated rings. The fourth-order valence-corrected chi connectivity index (χ4v) is 1.26. The zero-order valence-electron chi connectivity index (χ0n) is 10.4. The van der Waals surface area contributed by atoms with Crippen LogP contribution in [0.5, 0.6) is 0 Å². The van der Waals surface area contributed by atoms with Crippen molar-refractivity contribution in [1.29, 1.82) is 0 Å². The molecule has 6 nitrogen and oxygen atoms in total. The van der Waals surface area contributed by atoms with Crippen LogP contribution < -0.4 is 0 Å². The first-order valence-corrected chi connectivity index (χ1v) is 5.22. The highest BCUT2D eigenvalue weighted by Gasteiger charge is 2.34. The van der Waals surface area contributed by atoms with Gasteiger partial charge in [-0.1, -0.05) is 0 Å². The fraction of sp³-hybridized carbons (Fsp3) is 0.636. The molecule has 96 valence electrons. The Hall–Kier alpha value is -1.72. The summed E-state index contributed by atoms with van der Waals surface area (Å²) in [5.74, 6) is -0.541. The van der Waals surface area contributed by atoms with Gasteiger partial charge >= 0.3 is 12.1 Å². The third-order valence-corrected chi connectivity index (χ3v) is 1.99. The maximum Gasteiger partial charge on any atom is 0.415 e. The zero-order chi connectivity index (χ0) is 13.1. The van der Waals surface area contributed by atoms with Crippen molar-refractivity contribution in [2.75, 3.05) is 13.7 Å². The highest BCUT2D eigenvalue weighted by atomic mass is 16.6. The molecule has 0 aromatic heterocycles. The number of amides is 1. The molecule has 1 amide bonds. The van der Waals surface area contributed by atoms with Crippen LogP contribution in [0.4, 0.5) is 4.79 Å². The Bertz CT molecular complexity index is 331. The molecule has 1 aliphatic heterocycles. The Labute approximate surface area is 100 Å². The van der Waals surface area contributed by atoms with E-state index < -0.39 is 23.7 Å². The molecule has 1 atom stereocenters. The second kappa shape index (κ2) is 5.07. The lowest BCUT2D eigenvalue weighted by atomic mass is 10.2. The van der Waals surface area contributed by atoms with Gasteiger partial charge in [-0.05, 0) is 20.8 Å². The maximum absolute atomic E-state index is 11.8. The van der Waals surface area contributed by atoms with Crippen LogP contribution in [0.1, 0.15) is 20.8 Å². The summed E-state index contributed by atoms with van der Waals surface area (Å²) >= 11 is 0. The van der Waals surface area contributed by atoms with Crippen molar-refractivity contribution in [3.63, 3.8) is 0 Å². The minimum atomic E-state index is -0.806. The zero-order valence-corrected chi connectivity index (χ0v) is 10.4. The van der Waals surface area contributed by atoms with Crippen molar-refractivity contribution in [2.24, 2.45) is 0 Å². The van der Waals surface area contributed by atoms with Crippen molar-refractivity contribution in [1.82, 2.24) is 4.90 Å². The normalized spacial score (nSPS) is 19.5. The van der Waals surface area contributed by atoms with Crippen molar-refractivity contribution in [3.05, 3.63) is 12.5 Å². The van der Waals surface area contributed by atoms with E-state index in [2.05, 4.69) is 4.74 Å². The third kappa shape index (κ3) is 3.65. The summed E-state index contributed by atoms with van der Waals surface area (Å²) in [6.45, 7) is 5.31. The first-order valence-electron chi connectivity index (χ1n) is 5.22. The van der Waals surface area contributed by atoms with Gasteiger partial charge in [0.15, 0.2) is 6.04 Å². The summed E-state index contributed by atoms with van der Waals surface area (Å²) in [5, 5.41) is 0. The van der Waals surface area contributed by atoms with Crippen molar-refractivity contribution < 1.29 is 23.8 Å². The number of nitrogens with zero attached hydrogens (tertiary/aromatic N) is 1. The summed E-state index contributed by atoms with van der Waals surface area (Å²) in [7, 11) is 1.26. The van der Waals surface area contributed by atoms with Gasteiger partial charge < -0.3 is 14.2 Å². The van der Waals surface area contributed by atoms with Crippen LogP contribution >= 0.6 is 0 Å². The molecule has 0 N–H and O–H groups in total. The second-order valence-electron chi connectivity index (χ2n) is 4.55. The van der Waals surface area contributed by atoms with E-state index in [1.54, 1.807) is 20.8 Å². The van der Waals surface area contributed by atoms with E-state index in [9.17, 15) is 9.59 Å². The number of methoxy groups -OCH3 is 1. The second-order valence-corrected chi connectivity index (χ2v) is 4.55. The predicted molar refractivity (Wildman–Crippen MR) is 59.0 cm³/mol. The van der Waals surface area contributed by atoms with Crippen LogP contribution in [0, 0.1) is 0 Å². The monoisotopic (exact) mass is 243 g/mol. The molecule has 6 heteroatoms. The summed E-state index contributed by atoms with van der Waals surface area (Å²) in [6, 6.07) is -0.806. The Morgan fingerprint density at radius 1 is 1.41 bits per heavy atom. The minimum Gasteiger partial charge on any atom is -0.497 e. The van der Waals surface area contributed by atoms with E-state index in [0.717, 1.165) is 0 Å². The largest absolute Gasteiger partial charge is 0.497 e. The topological polar surface area (TPSA) is 65.1 Å². The summed E-state index contributed by atoms with van der Waals surface area (Å²) < 4.78 is 14.8. The molecule has 1 aliphatic rings. The first-order chi connectivity index (χ1) is 7.85. The molecule has 0 aliphatic carbocycles. The van der Waals surface area contributed by atoms with Gasteiger partial charge in [-0.2, -0.15) is 0 Å². The van der Waals surface area contributed by atoms with Crippen LogP contribution in [0.3, 0.4) is 0 Å². The molecule has 17 heavy (non-hydrogen) atoms. The van der Waals surface area contributed by atoms with Crippen LogP contribution in [-0.4, -0.2) is 42.3 Å². The SMILES string of the molecule is COC(=O)C1COC=CN1C(=O)OC(C)(C)C. The molecular formula is C11H17NO5. The van der Waals surface area contributed by atoms with Gasteiger partial charge in [0.25, 0.3) is 0 Å². The quantitative estimate of drug-likeness (QED) is 0.649. The van der Waals surface area contributed by atoms with Crippen LogP contribution in [0.25, 0.3) is 0 Å². The summed E-state index contributed by atoms with van der Waals surface area (Å²) in [6.07, 6.45) is 2.09. The van der Waals surface area contributed by atoms with Gasteiger partial charge in [0.05, 0.1) is 13.4 Å². The van der Waals surface area contributed by atoms with Crippen LogP contribution in [0.2, 0.25) is 0 Å². The van der Waals surface area contributed by atoms with E-state index in [4.69, 9.17) is 9.47 Å². The van der Waals surface area contributed by atoms with Gasteiger partial charge in [-0.25, -0.2) is 9.59 Å². The van der Waals surface area contributed by atoms with Gasteiger partial charge in [-0.3, -0.25) is 4.90 Å². The third-order valence-electron chi connectivity index (χ3n) is 1.99. The van der Waals surface area contributed by atoms with E-state index in [1.807, 2.05) is 0 Å². The van der Waals surface area contributed by atoms with Crippen LogP contribution in [-0.2, 0) is 19.0 Å². The van der Waals surface area contributed by atoms with E-state index in [-0.39, 0.29) is 6.61 Å². The number of carbonyl (C=O) groups is 2. The minimum absolute atomic E-state index is 0.0580. The standard InChI is InChI=1S/C11H17NO5/c1-11(2,3)17-10(14)12-5-6-16-7-8(12)9(13)15-4/h5-6,8H,7H2,1-4H3. The molecule has 0 bridgehead atoms. The summed E-state index contributed by atoms with van der Waals surface area (Å²) in [5.41, 5.74) is -0.621. The number of carbonyl (C=O) groups excluding carboxylic acids is 2. The Morgan fingerprint density at radius 2 is 2.06 bits per heavy atom. The number of esters is 1. The molecule has 1 rings (SSSR count). The van der Waals surface area contributed by atoms with Crippen molar-refractivity contribution in [3.8, 4) is 0 Å². The lowest BCUT2D eigenvalue weighted by Crippen LogP contribution is -2.48.